The summed E-state index contributed by atoms with van der Waals surface area (Å²) in [5.41, 5.74) is 1.24. The van der Waals surface area contributed by atoms with E-state index in [1.165, 1.54) is 17.5 Å². The third-order valence-electron chi connectivity index (χ3n) is 2.39. The highest BCUT2D eigenvalue weighted by molar-refractivity contribution is 7.21. The molecule has 0 aliphatic carbocycles. The number of para-hydroxylation sites is 1. The molecule has 0 spiro atoms. The van der Waals surface area contributed by atoms with Crippen LogP contribution in [-0.4, -0.2) is 9.97 Å². The lowest BCUT2D eigenvalue weighted by atomic mass is 10.3. The lowest BCUT2D eigenvalue weighted by molar-refractivity contribution is 1.24. The van der Waals surface area contributed by atoms with Crippen LogP contribution in [0.2, 0.25) is 5.02 Å². The molecule has 1 N–H and O–H groups in total. The van der Waals surface area contributed by atoms with Crippen molar-refractivity contribution in [2.24, 2.45) is 0 Å². The molecule has 3 rings (SSSR count). The van der Waals surface area contributed by atoms with Crippen molar-refractivity contribution >= 4 is 33.2 Å². The topological polar surface area (TPSA) is 45.8 Å². The molecule has 84 valence electrons. The summed E-state index contributed by atoms with van der Waals surface area (Å²) >= 11 is 7.36. The number of thiazole rings is 1. The number of H-pyrrole nitrogens is 1. The molecule has 0 aliphatic rings. The number of pyridine rings is 1. The van der Waals surface area contributed by atoms with Gasteiger partial charge in [-0.3, -0.25) is 4.79 Å². The zero-order valence-corrected chi connectivity index (χ0v) is 10.2. The second-order valence-electron chi connectivity index (χ2n) is 3.55. The fraction of sp³-hybridized carbons (Fsp3) is 0. The molecule has 0 saturated carbocycles. The molecule has 0 saturated heterocycles. The van der Waals surface area contributed by atoms with Gasteiger partial charge in [-0.15, -0.1) is 11.3 Å². The van der Waals surface area contributed by atoms with Crippen LogP contribution in [0.3, 0.4) is 0 Å². The number of halogens is 1. The van der Waals surface area contributed by atoms with Gasteiger partial charge in [0, 0.05) is 6.20 Å². The van der Waals surface area contributed by atoms with E-state index in [1.54, 1.807) is 6.07 Å². The molecule has 0 bridgehead atoms. The van der Waals surface area contributed by atoms with Crippen LogP contribution < -0.4 is 5.56 Å². The van der Waals surface area contributed by atoms with E-state index in [4.69, 9.17) is 11.6 Å². The Morgan fingerprint density at radius 3 is 2.94 bits per heavy atom. The Balaban J connectivity index is 2.27. The molecule has 3 aromatic rings. The summed E-state index contributed by atoms with van der Waals surface area (Å²) in [4.78, 5) is 18.7. The van der Waals surface area contributed by atoms with Crippen LogP contribution in [0.25, 0.3) is 20.8 Å². The number of rotatable bonds is 1. The fourth-order valence-electron chi connectivity index (χ4n) is 1.60. The Hall–Kier alpha value is -1.65. The highest BCUT2D eigenvalue weighted by Gasteiger charge is 2.09. The van der Waals surface area contributed by atoms with Gasteiger partial charge in [-0.05, 0) is 18.2 Å². The van der Waals surface area contributed by atoms with Gasteiger partial charge in [0.2, 0.25) is 0 Å². The predicted molar refractivity (Wildman–Crippen MR) is 70.7 cm³/mol. The van der Waals surface area contributed by atoms with Gasteiger partial charge < -0.3 is 4.98 Å². The molecule has 17 heavy (non-hydrogen) atoms. The van der Waals surface area contributed by atoms with Crippen LogP contribution in [0, 0.1) is 0 Å². The van der Waals surface area contributed by atoms with Crippen LogP contribution in [-0.2, 0) is 0 Å². The van der Waals surface area contributed by atoms with Crippen molar-refractivity contribution in [3.05, 3.63) is 51.9 Å². The molecule has 0 unspecified atom stereocenters. The maximum absolute atomic E-state index is 11.7. The molecule has 5 heteroatoms. The van der Waals surface area contributed by atoms with E-state index in [2.05, 4.69) is 9.97 Å². The van der Waals surface area contributed by atoms with E-state index in [9.17, 15) is 4.79 Å². The third-order valence-corrected chi connectivity index (χ3v) is 3.68. The highest BCUT2D eigenvalue weighted by Crippen LogP contribution is 2.28. The van der Waals surface area contributed by atoms with Crippen molar-refractivity contribution in [3.63, 3.8) is 0 Å². The van der Waals surface area contributed by atoms with Gasteiger partial charge in [-0.2, -0.15) is 0 Å². The Labute approximate surface area is 106 Å². The summed E-state index contributed by atoms with van der Waals surface area (Å²) in [5.74, 6) is 0. The minimum atomic E-state index is -0.173. The normalized spacial score (nSPS) is 10.9. The number of fused-ring (bicyclic) bond motifs is 1. The van der Waals surface area contributed by atoms with Crippen molar-refractivity contribution < 1.29 is 0 Å². The molecular weight excluding hydrogens is 256 g/mol. The standard InChI is InChI=1S/C12H7ClN2OS/c13-7-5-8(11(16)14-6-7)12-15-9-3-1-2-4-10(9)17-12/h1-6H,(H,14,16). The number of benzene rings is 1. The van der Waals surface area contributed by atoms with E-state index in [-0.39, 0.29) is 5.56 Å². The molecule has 2 aromatic heterocycles. The highest BCUT2D eigenvalue weighted by atomic mass is 35.5. The number of aromatic nitrogens is 2. The maximum Gasteiger partial charge on any atom is 0.258 e. The summed E-state index contributed by atoms with van der Waals surface area (Å²) in [6.07, 6.45) is 1.47. The van der Waals surface area contributed by atoms with Gasteiger partial charge in [0.1, 0.15) is 5.01 Å². The van der Waals surface area contributed by atoms with Crippen LogP contribution >= 0.6 is 22.9 Å². The second-order valence-corrected chi connectivity index (χ2v) is 5.01. The maximum atomic E-state index is 11.7. The molecule has 0 fully saturated rings. The largest absolute Gasteiger partial charge is 0.327 e. The summed E-state index contributed by atoms with van der Waals surface area (Å²) in [6, 6.07) is 9.42. The molecule has 0 atom stereocenters. The van der Waals surface area contributed by atoms with E-state index in [1.807, 2.05) is 24.3 Å². The Bertz CT molecular complexity index is 714. The van der Waals surface area contributed by atoms with Gasteiger partial charge in [0.15, 0.2) is 0 Å². The van der Waals surface area contributed by atoms with Gasteiger partial charge in [-0.1, -0.05) is 23.7 Å². The van der Waals surface area contributed by atoms with Crippen molar-refractivity contribution in [1.29, 1.82) is 0 Å². The monoisotopic (exact) mass is 262 g/mol. The molecule has 0 amide bonds. The number of hydrogen-bond acceptors (Lipinski definition) is 3. The first kappa shape index (κ1) is 10.5. The summed E-state index contributed by atoms with van der Waals surface area (Å²) in [5, 5.41) is 1.19. The Kier molecular flexibility index (Phi) is 2.46. The van der Waals surface area contributed by atoms with Gasteiger partial charge in [-0.25, -0.2) is 4.98 Å². The third kappa shape index (κ3) is 1.85. The van der Waals surface area contributed by atoms with Crippen LogP contribution in [0.5, 0.6) is 0 Å². The number of nitrogens with zero attached hydrogens (tertiary/aromatic N) is 1. The molecule has 2 heterocycles. The quantitative estimate of drug-likeness (QED) is 0.731. The second kappa shape index (κ2) is 3.98. The molecule has 1 aromatic carbocycles. The minimum absolute atomic E-state index is 0.173. The zero-order chi connectivity index (χ0) is 11.8. The Morgan fingerprint density at radius 1 is 1.29 bits per heavy atom. The van der Waals surface area contributed by atoms with Crippen LogP contribution in [0.1, 0.15) is 0 Å². The van der Waals surface area contributed by atoms with Crippen LogP contribution in [0.15, 0.2) is 41.3 Å². The fourth-order valence-corrected chi connectivity index (χ4v) is 2.75. The van der Waals surface area contributed by atoms with E-state index < -0.39 is 0 Å². The number of nitrogens with one attached hydrogen (secondary N) is 1. The van der Waals surface area contributed by atoms with Gasteiger partial charge in [0.05, 0.1) is 20.8 Å². The smallest absolute Gasteiger partial charge is 0.258 e. The van der Waals surface area contributed by atoms with Gasteiger partial charge in [0.25, 0.3) is 5.56 Å². The zero-order valence-electron chi connectivity index (χ0n) is 8.61. The van der Waals surface area contributed by atoms with E-state index in [0.717, 1.165) is 10.2 Å². The molecule has 0 radical (unpaired) electrons. The first-order chi connectivity index (χ1) is 8.24. The first-order valence-corrected chi connectivity index (χ1v) is 6.18. The van der Waals surface area contributed by atoms with Gasteiger partial charge >= 0.3 is 0 Å². The van der Waals surface area contributed by atoms with Crippen molar-refractivity contribution in [2.45, 2.75) is 0 Å². The minimum Gasteiger partial charge on any atom is -0.327 e. The van der Waals surface area contributed by atoms with Crippen LogP contribution in [0.4, 0.5) is 0 Å². The predicted octanol–water partition coefficient (Wildman–Crippen LogP) is 3.31. The number of aromatic amines is 1. The molecular formula is C12H7ClN2OS. The molecule has 3 nitrogen and oxygen atoms in total. The lowest BCUT2D eigenvalue weighted by Gasteiger charge is -1.94. The van der Waals surface area contributed by atoms with E-state index >= 15 is 0 Å². The summed E-state index contributed by atoms with van der Waals surface area (Å²) < 4.78 is 1.06. The summed E-state index contributed by atoms with van der Waals surface area (Å²) in [7, 11) is 0. The molecule has 0 aliphatic heterocycles. The number of hydrogen-bond donors (Lipinski definition) is 1. The van der Waals surface area contributed by atoms with Crippen molar-refractivity contribution in [1.82, 2.24) is 9.97 Å². The summed E-state index contributed by atoms with van der Waals surface area (Å²) in [6.45, 7) is 0. The average Bonchev–Trinajstić information content (AvgIpc) is 2.75. The Morgan fingerprint density at radius 2 is 2.12 bits per heavy atom. The lowest BCUT2D eigenvalue weighted by Crippen LogP contribution is -2.07. The van der Waals surface area contributed by atoms with Crippen molar-refractivity contribution in [2.75, 3.05) is 0 Å². The average molecular weight is 263 g/mol. The first-order valence-electron chi connectivity index (χ1n) is 4.98. The SMILES string of the molecule is O=c1[nH]cc(Cl)cc1-c1nc2ccccc2s1. The van der Waals surface area contributed by atoms with Crippen molar-refractivity contribution in [3.8, 4) is 10.6 Å². The van der Waals surface area contributed by atoms with E-state index in [0.29, 0.717) is 15.6 Å².